The fourth-order valence-electron chi connectivity index (χ4n) is 3.41. The molecule has 3 rings (SSSR count). The zero-order valence-corrected chi connectivity index (χ0v) is 13.9. The summed E-state index contributed by atoms with van der Waals surface area (Å²) in [4.78, 5) is 11.1. The summed E-state index contributed by atoms with van der Waals surface area (Å²) >= 11 is 0. The Morgan fingerprint density at radius 2 is 1.95 bits per heavy atom. The van der Waals surface area contributed by atoms with E-state index in [9.17, 15) is 8.42 Å². The molecular formula is C15H24N4O2S. The Hall–Kier alpha value is -1.21. The predicted octanol–water partition coefficient (Wildman–Crippen LogP) is 1.29. The summed E-state index contributed by atoms with van der Waals surface area (Å²) < 4.78 is 25.0. The zero-order valence-electron chi connectivity index (χ0n) is 13.1. The summed E-state index contributed by atoms with van der Waals surface area (Å²) in [6.07, 6.45) is 8.22. The van der Waals surface area contributed by atoms with Crippen molar-refractivity contribution in [3.05, 3.63) is 18.1 Å². The number of rotatable bonds is 4. The lowest BCUT2D eigenvalue weighted by Crippen LogP contribution is -2.39. The van der Waals surface area contributed by atoms with Crippen LogP contribution in [0.4, 0.5) is 5.82 Å². The van der Waals surface area contributed by atoms with Crippen LogP contribution in [0.2, 0.25) is 0 Å². The van der Waals surface area contributed by atoms with Crippen LogP contribution in [0.5, 0.6) is 0 Å². The first kappa shape index (κ1) is 15.7. The van der Waals surface area contributed by atoms with E-state index in [0.29, 0.717) is 19.0 Å². The molecule has 3 heterocycles. The molecule has 0 unspecified atom stereocenters. The average Bonchev–Trinajstić information content (AvgIpc) is 3.01. The van der Waals surface area contributed by atoms with Crippen molar-refractivity contribution in [1.29, 1.82) is 0 Å². The standard InChI is InChI=1S/C15H24N4O2S/c1-22(20,21)19-8-4-5-13(11-19)9-14-10-15(17-12-16-14)18-6-2-3-7-18/h10,12-13H,2-9,11H2,1H3/t13-/m0/s1. The van der Waals surface area contributed by atoms with Gasteiger partial charge in [0, 0.05) is 37.9 Å². The second-order valence-electron chi connectivity index (χ2n) is 6.40. The smallest absolute Gasteiger partial charge is 0.211 e. The molecule has 7 heteroatoms. The topological polar surface area (TPSA) is 66.4 Å². The van der Waals surface area contributed by atoms with E-state index < -0.39 is 10.0 Å². The van der Waals surface area contributed by atoms with Gasteiger partial charge >= 0.3 is 0 Å². The van der Waals surface area contributed by atoms with Gasteiger partial charge in [0.1, 0.15) is 12.1 Å². The van der Waals surface area contributed by atoms with Gasteiger partial charge in [0.2, 0.25) is 10.0 Å². The average molecular weight is 324 g/mol. The number of hydrogen-bond acceptors (Lipinski definition) is 5. The van der Waals surface area contributed by atoms with Gasteiger partial charge in [-0.1, -0.05) is 0 Å². The molecule has 0 aliphatic carbocycles. The third kappa shape index (κ3) is 3.76. The van der Waals surface area contributed by atoms with E-state index in [-0.39, 0.29) is 0 Å². The Morgan fingerprint density at radius 3 is 2.68 bits per heavy atom. The highest BCUT2D eigenvalue weighted by atomic mass is 32.2. The highest BCUT2D eigenvalue weighted by molar-refractivity contribution is 7.88. The molecule has 6 nitrogen and oxygen atoms in total. The van der Waals surface area contributed by atoms with Crippen molar-refractivity contribution in [2.24, 2.45) is 5.92 Å². The number of sulfonamides is 1. The fourth-order valence-corrected chi connectivity index (χ4v) is 4.35. The lowest BCUT2D eigenvalue weighted by atomic mass is 9.94. The van der Waals surface area contributed by atoms with Crippen molar-refractivity contribution in [2.75, 3.05) is 37.3 Å². The van der Waals surface area contributed by atoms with Gasteiger partial charge in [0.25, 0.3) is 0 Å². The Bertz CT molecular complexity index is 614. The number of anilines is 1. The monoisotopic (exact) mass is 324 g/mol. The van der Waals surface area contributed by atoms with Gasteiger partial charge in [-0.3, -0.25) is 0 Å². The van der Waals surface area contributed by atoms with Crippen LogP contribution in [0, 0.1) is 5.92 Å². The van der Waals surface area contributed by atoms with Crippen LogP contribution >= 0.6 is 0 Å². The summed E-state index contributed by atoms with van der Waals surface area (Å²) in [5.41, 5.74) is 1.03. The molecule has 1 aromatic rings. The van der Waals surface area contributed by atoms with Gasteiger partial charge in [-0.2, -0.15) is 0 Å². The maximum absolute atomic E-state index is 11.7. The van der Waals surface area contributed by atoms with Crippen LogP contribution in [0.3, 0.4) is 0 Å². The molecule has 0 bridgehead atoms. The third-order valence-electron chi connectivity index (χ3n) is 4.59. The zero-order chi connectivity index (χ0) is 15.6. The van der Waals surface area contributed by atoms with Gasteiger partial charge < -0.3 is 4.90 Å². The molecule has 2 aliphatic rings. The molecule has 1 aromatic heterocycles. The lowest BCUT2D eigenvalue weighted by molar-refractivity contribution is 0.265. The summed E-state index contributed by atoms with van der Waals surface area (Å²) in [5.74, 6) is 1.36. The van der Waals surface area contributed by atoms with Crippen LogP contribution < -0.4 is 4.90 Å². The highest BCUT2D eigenvalue weighted by Gasteiger charge is 2.26. The second kappa shape index (κ2) is 6.50. The van der Waals surface area contributed by atoms with E-state index in [1.807, 2.05) is 0 Å². The molecule has 0 saturated carbocycles. The van der Waals surface area contributed by atoms with Crippen molar-refractivity contribution in [3.8, 4) is 0 Å². The minimum absolute atomic E-state index is 0.352. The van der Waals surface area contributed by atoms with Crippen molar-refractivity contribution in [3.63, 3.8) is 0 Å². The molecule has 22 heavy (non-hydrogen) atoms. The predicted molar refractivity (Wildman–Crippen MR) is 86.3 cm³/mol. The second-order valence-corrected chi connectivity index (χ2v) is 8.38. The molecule has 1 atom stereocenters. The SMILES string of the molecule is CS(=O)(=O)N1CCC[C@@H](Cc2cc(N3CCCC3)ncn2)C1. The molecule has 122 valence electrons. The summed E-state index contributed by atoms with van der Waals surface area (Å²) in [6.45, 7) is 3.41. The number of piperidine rings is 1. The van der Waals surface area contributed by atoms with Crippen LogP contribution in [0.25, 0.3) is 0 Å². The van der Waals surface area contributed by atoms with E-state index in [2.05, 4.69) is 20.9 Å². The number of hydrogen-bond donors (Lipinski definition) is 0. The lowest BCUT2D eigenvalue weighted by Gasteiger charge is -2.30. The first-order valence-corrected chi connectivity index (χ1v) is 9.88. The van der Waals surface area contributed by atoms with Gasteiger partial charge in [-0.15, -0.1) is 0 Å². The number of nitrogens with zero attached hydrogens (tertiary/aromatic N) is 4. The molecule has 0 spiro atoms. The van der Waals surface area contributed by atoms with E-state index in [4.69, 9.17) is 0 Å². The van der Waals surface area contributed by atoms with Gasteiger partial charge in [0.15, 0.2) is 0 Å². The van der Waals surface area contributed by atoms with E-state index in [1.165, 1.54) is 19.1 Å². The Morgan fingerprint density at radius 1 is 1.18 bits per heavy atom. The van der Waals surface area contributed by atoms with Crippen LogP contribution in [-0.2, 0) is 16.4 Å². The van der Waals surface area contributed by atoms with Crippen molar-refractivity contribution in [2.45, 2.75) is 32.1 Å². The van der Waals surface area contributed by atoms with Gasteiger partial charge in [-0.05, 0) is 38.0 Å². The third-order valence-corrected chi connectivity index (χ3v) is 5.86. The van der Waals surface area contributed by atoms with E-state index in [0.717, 1.165) is 43.9 Å². The molecule has 0 amide bonds. The largest absolute Gasteiger partial charge is 0.357 e. The molecule has 2 saturated heterocycles. The van der Waals surface area contributed by atoms with Crippen LogP contribution in [0.1, 0.15) is 31.4 Å². The first-order chi connectivity index (χ1) is 10.5. The van der Waals surface area contributed by atoms with Crippen LogP contribution in [0.15, 0.2) is 12.4 Å². The maximum Gasteiger partial charge on any atom is 0.211 e. The molecule has 0 aromatic carbocycles. The summed E-state index contributed by atoms with van der Waals surface area (Å²) in [6, 6.07) is 2.07. The Kier molecular flexibility index (Phi) is 4.63. The van der Waals surface area contributed by atoms with Gasteiger partial charge in [-0.25, -0.2) is 22.7 Å². The summed E-state index contributed by atoms with van der Waals surface area (Å²) in [5, 5.41) is 0. The van der Waals surface area contributed by atoms with Crippen LogP contribution in [-0.4, -0.2) is 55.1 Å². The molecule has 0 N–H and O–H groups in total. The molecule has 0 radical (unpaired) electrons. The van der Waals surface area contributed by atoms with Crippen molar-refractivity contribution < 1.29 is 8.42 Å². The highest BCUT2D eigenvalue weighted by Crippen LogP contribution is 2.23. The molecule has 2 fully saturated rings. The van der Waals surface area contributed by atoms with E-state index >= 15 is 0 Å². The molecule has 2 aliphatic heterocycles. The minimum Gasteiger partial charge on any atom is -0.357 e. The first-order valence-electron chi connectivity index (χ1n) is 8.03. The van der Waals surface area contributed by atoms with Gasteiger partial charge in [0.05, 0.1) is 6.26 Å². The Balaban J connectivity index is 1.66. The molecular weight excluding hydrogens is 300 g/mol. The van der Waals surface area contributed by atoms with Crippen molar-refractivity contribution >= 4 is 15.8 Å². The minimum atomic E-state index is -3.08. The quantitative estimate of drug-likeness (QED) is 0.835. The number of aromatic nitrogens is 2. The Labute approximate surface area is 132 Å². The van der Waals surface area contributed by atoms with Crippen molar-refractivity contribution in [1.82, 2.24) is 14.3 Å². The maximum atomic E-state index is 11.7. The van der Waals surface area contributed by atoms with E-state index in [1.54, 1.807) is 10.6 Å². The normalized spacial score (nSPS) is 23.9. The summed E-state index contributed by atoms with van der Waals surface area (Å²) in [7, 11) is -3.08. The fraction of sp³-hybridized carbons (Fsp3) is 0.733.